The summed E-state index contributed by atoms with van der Waals surface area (Å²) < 4.78 is 0. The fourth-order valence-corrected chi connectivity index (χ4v) is 3.87. The zero-order chi connectivity index (χ0) is 15.9. The van der Waals surface area contributed by atoms with Gasteiger partial charge in [-0.3, -0.25) is 20.2 Å². The zero-order valence-corrected chi connectivity index (χ0v) is 13.1. The molecule has 0 radical (unpaired) electrons. The molecular formula is C15H24N4O3. The molecule has 3 rings (SSSR count). The van der Waals surface area contributed by atoms with Gasteiger partial charge in [-0.2, -0.15) is 0 Å². The minimum absolute atomic E-state index is 0.0164. The van der Waals surface area contributed by atoms with E-state index in [1.807, 2.05) is 0 Å². The van der Waals surface area contributed by atoms with Crippen molar-refractivity contribution < 1.29 is 14.4 Å². The minimum Gasteiger partial charge on any atom is -0.351 e. The molecule has 0 aromatic heterocycles. The lowest BCUT2D eigenvalue weighted by atomic mass is 9.84. The predicted molar refractivity (Wildman–Crippen MR) is 79.7 cm³/mol. The molecule has 3 unspecified atom stereocenters. The SMILES string of the molecule is CN1C(=O)NC(=O)C2CC(C(=O)NC3(C)CCCC3)CNC21. The molecule has 22 heavy (non-hydrogen) atoms. The summed E-state index contributed by atoms with van der Waals surface area (Å²) >= 11 is 0. The first-order valence-corrected chi connectivity index (χ1v) is 8.03. The van der Waals surface area contributed by atoms with E-state index in [2.05, 4.69) is 22.9 Å². The van der Waals surface area contributed by atoms with Crippen LogP contribution in [-0.2, 0) is 9.59 Å². The molecule has 1 aliphatic carbocycles. The molecule has 0 aromatic rings. The molecular weight excluding hydrogens is 284 g/mol. The number of carbonyl (C=O) groups is 3. The first-order valence-electron chi connectivity index (χ1n) is 8.03. The summed E-state index contributed by atoms with van der Waals surface area (Å²) in [4.78, 5) is 37.7. The van der Waals surface area contributed by atoms with Gasteiger partial charge >= 0.3 is 6.03 Å². The summed E-state index contributed by atoms with van der Waals surface area (Å²) in [6.45, 7) is 2.59. The molecule has 2 heterocycles. The summed E-state index contributed by atoms with van der Waals surface area (Å²) in [7, 11) is 1.66. The Kier molecular flexibility index (Phi) is 3.84. The third-order valence-corrected chi connectivity index (χ3v) is 5.30. The standard InChI is InChI=1S/C15H24N4O3/c1-15(5-3-4-6-15)18-12(20)9-7-10-11(16-8-9)19(2)14(22)17-13(10)21/h9-11,16H,3-8H2,1-2H3,(H,18,20)(H,17,21,22). The maximum atomic E-state index is 12.5. The number of imide groups is 1. The van der Waals surface area contributed by atoms with Crippen LogP contribution in [0.4, 0.5) is 4.79 Å². The van der Waals surface area contributed by atoms with Crippen LogP contribution in [0, 0.1) is 11.8 Å². The van der Waals surface area contributed by atoms with Gasteiger partial charge in [0.25, 0.3) is 0 Å². The number of nitrogens with one attached hydrogen (secondary N) is 3. The van der Waals surface area contributed by atoms with Crippen LogP contribution in [0.3, 0.4) is 0 Å². The van der Waals surface area contributed by atoms with E-state index < -0.39 is 0 Å². The second kappa shape index (κ2) is 5.53. The molecule has 122 valence electrons. The Labute approximate surface area is 130 Å². The average Bonchev–Trinajstić information content (AvgIpc) is 2.90. The van der Waals surface area contributed by atoms with Gasteiger partial charge in [-0.1, -0.05) is 12.8 Å². The summed E-state index contributed by atoms with van der Waals surface area (Å²) in [5.74, 6) is -0.873. The van der Waals surface area contributed by atoms with Crippen molar-refractivity contribution in [1.29, 1.82) is 0 Å². The highest BCUT2D eigenvalue weighted by Gasteiger charge is 2.45. The van der Waals surface area contributed by atoms with Crippen molar-refractivity contribution in [3.05, 3.63) is 0 Å². The lowest BCUT2D eigenvalue weighted by Crippen LogP contribution is -2.67. The van der Waals surface area contributed by atoms with E-state index in [0.29, 0.717) is 13.0 Å². The van der Waals surface area contributed by atoms with Crippen molar-refractivity contribution in [2.45, 2.75) is 50.7 Å². The number of hydrogen-bond donors (Lipinski definition) is 3. The summed E-state index contributed by atoms with van der Waals surface area (Å²) in [6.07, 6.45) is 4.50. The Balaban J connectivity index is 1.64. The number of carbonyl (C=O) groups excluding carboxylic acids is 3. The third kappa shape index (κ3) is 2.69. The molecule has 4 amide bonds. The molecule has 2 saturated heterocycles. The number of nitrogens with zero attached hydrogens (tertiary/aromatic N) is 1. The van der Waals surface area contributed by atoms with Crippen molar-refractivity contribution in [3.63, 3.8) is 0 Å². The van der Waals surface area contributed by atoms with Crippen LogP contribution in [0.5, 0.6) is 0 Å². The van der Waals surface area contributed by atoms with Crippen LogP contribution in [0.1, 0.15) is 39.0 Å². The Hall–Kier alpha value is -1.63. The maximum absolute atomic E-state index is 12.5. The number of urea groups is 1. The van der Waals surface area contributed by atoms with Gasteiger partial charge in [-0.15, -0.1) is 0 Å². The number of rotatable bonds is 2. The number of piperidine rings is 1. The quantitative estimate of drug-likeness (QED) is 0.678. The van der Waals surface area contributed by atoms with Gasteiger partial charge in [0.1, 0.15) is 0 Å². The number of fused-ring (bicyclic) bond motifs is 1. The molecule has 3 aliphatic rings. The van der Waals surface area contributed by atoms with E-state index in [1.54, 1.807) is 7.05 Å². The lowest BCUT2D eigenvalue weighted by Gasteiger charge is -2.43. The zero-order valence-electron chi connectivity index (χ0n) is 13.1. The van der Waals surface area contributed by atoms with Gasteiger partial charge in [0, 0.05) is 19.1 Å². The molecule has 0 spiro atoms. The molecule has 3 atom stereocenters. The van der Waals surface area contributed by atoms with Gasteiger partial charge < -0.3 is 10.2 Å². The molecule has 3 N–H and O–H groups in total. The van der Waals surface area contributed by atoms with Gasteiger partial charge in [-0.05, 0) is 26.2 Å². The van der Waals surface area contributed by atoms with E-state index in [-0.39, 0.29) is 41.4 Å². The van der Waals surface area contributed by atoms with Crippen LogP contribution in [0.25, 0.3) is 0 Å². The number of amides is 4. The Morgan fingerprint density at radius 3 is 2.68 bits per heavy atom. The highest BCUT2D eigenvalue weighted by Crippen LogP contribution is 2.31. The molecule has 7 heteroatoms. The van der Waals surface area contributed by atoms with E-state index in [1.165, 1.54) is 4.90 Å². The fourth-order valence-electron chi connectivity index (χ4n) is 3.87. The van der Waals surface area contributed by atoms with Crippen molar-refractivity contribution in [1.82, 2.24) is 20.9 Å². The number of hydrogen-bond acceptors (Lipinski definition) is 4. The van der Waals surface area contributed by atoms with Crippen molar-refractivity contribution in [3.8, 4) is 0 Å². The largest absolute Gasteiger partial charge is 0.351 e. The van der Waals surface area contributed by atoms with E-state index in [9.17, 15) is 14.4 Å². The molecule has 0 bridgehead atoms. The van der Waals surface area contributed by atoms with Crippen LogP contribution in [0.2, 0.25) is 0 Å². The van der Waals surface area contributed by atoms with Gasteiger partial charge in [0.15, 0.2) is 0 Å². The smallest absolute Gasteiger partial charge is 0.325 e. The topological polar surface area (TPSA) is 90.5 Å². The second-order valence-electron chi connectivity index (χ2n) is 7.05. The predicted octanol–water partition coefficient (Wildman–Crippen LogP) is 0.169. The average molecular weight is 308 g/mol. The normalized spacial score (nSPS) is 34.1. The van der Waals surface area contributed by atoms with Crippen LogP contribution in [-0.4, -0.2) is 48.0 Å². The molecule has 0 aromatic carbocycles. The van der Waals surface area contributed by atoms with Crippen LogP contribution < -0.4 is 16.0 Å². The second-order valence-corrected chi connectivity index (χ2v) is 7.05. The monoisotopic (exact) mass is 308 g/mol. The van der Waals surface area contributed by atoms with Gasteiger partial charge in [0.2, 0.25) is 11.8 Å². The molecule has 1 saturated carbocycles. The van der Waals surface area contributed by atoms with Crippen molar-refractivity contribution in [2.75, 3.05) is 13.6 Å². The van der Waals surface area contributed by atoms with Crippen LogP contribution in [0.15, 0.2) is 0 Å². The minimum atomic E-state index is -0.389. The Morgan fingerprint density at radius 2 is 2.00 bits per heavy atom. The van der Waals surface area contributed by atoms with Crippen molar-refractivity contribution >= 4 is 17.8 Å². The third-order valence-electron chi connectivity index (χ3n) is 5.30. The molecule has 2 aliphatic heterocycles. The van der Waals surface area contributed by atoms with E-state index in [0.717, 1.165) is 25.7 Å². The Bertz CT molecular complexity index is 501. The lowest BCUT2D eigenvalue weighted by molar-refractivity contribution is -0.134. The molecule has 3 fully saturated rings. The van der Waals surface area contributed by atoms with Gasteiger partial charge in [-0.25, -0.2) is 4.79 Å². The van der Waals surface area contributed by atoms with E-state index >= 15 is 0 Å². The first-order chi connectivity index (χ1) is 10.4. The first kappa shape index (κ1) is 15.3. The molecule has 7 nitrogen and oxygen atoms in total. The van der Waals surface area contributed by atoms with Gasteiger partial charge in [0.05, 0.1) is 18.0 Å². The highest BCUT2D eigenvalue weighted by molar-refractivity contribution is 5.98. The summed E-state index contributed by atoms with van der Waals surface area (Å²) in [5, 5.41) is 8.69. The Morgan fingerprint density at radius 1 is 1.32 bits per heavy atom. The van der Waals surface area contributed by atoms with Crippen LogP contribution >= 0.6 is 0 Å². The maximum Gasteiger partial charge on any atom is 0.325 e. The van der Waals surface area contributed by atoms with Crippen molar-refractivity contribution in [2.24, 2.45) is 11.8 Å². The van der Waals surface area contributed by atoms with E-state index in [4.69, 9.17) is 0 Å². The highest BCUT2D eigenvalue weighted by atomic mass is 16.2. The summed E-state index contributed by atoms with van der Waals surface area (Å²) in [5.41, 5.74) is -0.102. The summed E-state index contributed by atoms with van der Waals surface area (Å²) in [6, 6.07) is -0.389. The fraction of sp³-hybridized carbons (Fsp3) is 0.800.